The number of nitrogens with one attached hydrogen (secondary N) is 2. The molecule has 2 rings (SSSR count). The molecule has 0 aliphatic heterocycles. The third kappa shape index (κ3) is 8.31. The molecule has 1 fully saturated rings. The zero-order valence-corrected chi connectivity index (χ0v) is 19.7. The number of aryl methyl sites for hydroxylation is 1. The molecule has 0 saturated heterocycles. The standard InChI is InChI=1S/C26H39N3O2/c1-6-25(30)27-17-24(21-10-8-7-9-11-21)29-26(31)15-12-20(5)28-23-14-13-22(18(2)3)16-19(23)4/h6,13-14,16,18,21,24H,1,7-12,15,17H2,2-5H3,(H,27,30)(H,29,31)/b28-20+/t24-/m1/s1. The Hall–Kier alpha value is -2.43. The zero-order valence-electron chi connectivity index (χ0n) is 19.7. The van der Waals surface area contributed by atoms with Crippen molar-refractivity contribution in [2.45, 2.75) is 84.6 Å². The van der Waals surface area contributed by atoms with Crippen molar-refractivity contribution in [3.8, 4) is 0 Å². The van der Waals surface area contributed by atoms with Crippen LogP contribution >= 0.6 is 0 Å². The van der Waals surface area contributed by atoms with Gasteiger partial charge in [0.15, 0.2) is 0 Å². The van der Waals surface area contributed by atoms with Gasteiger partial charge in [-0.15, -0.1) is 0 Å². The van der Waals surface area contributed by atoms with E-state index in [4.69, 9.17) is 4.99 Å². The van der Waals surface area contributed by atoms with Crippen LogP contribution in [0.3, 0.4) is 0 Å². The maximum atomic E-state index is 12.7. The largest absolute Gasteiger partial charge is 0.351 e. The number of hydrogen-bond acceptors (Lipinski definition) is 3. The summed E-state index contributed by atoms with van der Waals surface area (Å²) < 4.78 is 0. The van der Waals surface area contributed by atoms with Gasteiger partial charge in [0.05, 0.1) is 5.69 Å². The van der Waals surface area contributed by atoms with E-state index < -0.39 is 0 Å². The average Bonchev–Trinajstić information content (AvgIpc) is 2.76. The Bertz CT molecular complexity index is 792. The molecule has 0 unspecified atom stereocenters. The Morgan fingerprint density at radius 2 is 1.90 bits per heavy atom. The molecule has 1 aliphatic rings. The molecule has 170 valence electrons. The third-order valence-electron chi connectivity index (χ3n) is 6.16. The van der Waals surface area contributed by atoms with Crippen molar-refractivity contribution in [2.24, 2.45) is 10.9 Å². The van der Waals surface area contributed by atoms with E-state index in [1.54, 1.807) is 0 Å². The molecule has 0 bridgehead atoms. The number of aliphatic imine (C=N–C) groups is 1. The predicted octanol–water partition coefficient (Wildman–Crippen LogP) is 5.36. The van der Waals surface area contributed by atoms with Crippen molar-refractivity contribution in [2.75, 3.05) is 6.54 Å². The van der Waals surface area contributed by atoms with Crippen LogP contribution in [-0.2, 0) is 9.59 Å². The van der Waals surface area contributed by atoms with Crippen LogP contribution in [0.1, 0.15) is 82.8 Å². The number of rotatable bonds is 10. The van der Waals surface area contributed by atoms with Crippen LogP contribution in [0.5, 0.6) is 0 Å². The number of hydrogen-bond donors (Lipinski definition) is 2. The van der Waals surface area contributed by atoms with Crippen molar-refractivity contribution >= 4 is 23.2 Å². The van der Waals surface area contributed by atoms with Gasteiger partial charge in [0.25, 0.3) is 0 Å². The molecule has 0 heterocycles. The summed E-state index contributed by atoms with van der Waals surface area (Å²) in [6.07, 6.45) is 8.12. The van der Waals surface area contributed by atoms with Gasteiger partial charge in [-0.3, -0.25) is 14.6 Å². The quantitative estimate of drug-likeness (QED) is 0.391. The molecular weight excluding hydrogens is 386 g/mol. The fourth-order valence-corrected chi connectivity index (χ4v) is 4.15. The van der Waals surface area contributed by atoms with Crippen molar-refractivity contribution in [1.82, 2.24) is 10.6 Å². The number of amides is 2. The van der Waals surface area contributed by atoms with Gasteiger partial charge < -0.3 is 10.6 Å². The van der Waals surface area contributed by atoms with E-state index in [0.717, 1.165) is 29.8 Å². The fourth-order valence-electron chi connectivity index (χ4n) is 4.15. The third-order valence-corrected chi connectivity index (χ3v) is 6.16. The average molecular weight is 426 g/mol. The molecule has 1 aromatic carbocycles. The first-order valence-electron chi connectivity index (χ1n) is 11.6. The Morgan fingerprint density at radius 3 is 2.52 bits per heavy atom. The fraction of sp³-hybridized carbons (Fsp3) is 0.577. The normalized spacial score (nSPS) is 16.1. The topological polar surface area (TPSA) is 70.6 Å². The van der Waals surface area contributed by atoms with Crippen LogP contribution in [0.4, 0.5) is 5.69 Å². The Labute approximate surface area is 187 Å². The van der Waals surface area contributed by atoms with Crippen molar-refractivity contribution in [3.63, 3.8) is 0 Å². The van der Waals surface area contributed by atoms with Gasteiger partial charge in [-0.25, -0.2) is 0 Å². The van der Waals surface area contributed by atoms with Crippen LogP contribution in [-0.4, -0.2) is 30.1 Å². The SMILES string of the molecule is C=CC(=O)NC[C@@H](NC(=O)CC/C(C)=N/c1ccc(C(C)C)cc1C)C1CCCCC1. The molecule has 1 saturated carbocycles. The lowest BCUT2D eigenvalue weighted by Crippen LogP contribution is -2.48. The van der Waals surface area contributed by atoms with Crippen LogP contribution < -0.4 is 10.6 Å². The maximum absolute atomic E-state index is 12.7. The molecule has 2 N–H and O–H groups in total. The lowest BCUT2D eigenvalue weighted by molar-refractivity contribution is -0.122. The minimum atomic E-state index is -0.197. The van der Waals surface area contributed by atoms with Crippen LogP contribution in [0.25, 0.3) is 0 Å². The van der Waals surface area contributed by atoms with Gasteiger partial charge in [-0.2, -0.15) is 0 Å². The molecule has 0 radical (unpaired) electrons. The molecule has 1 atom stereocenters. The van der Waals surface area contributed by atoms with Crippen LogP contribution in [0.15, 0.2) is 35.8 Å². The van der Waals surface area contributed by atoms with E-state index in [9.17, 15) is 9.59 Å². The van der Waals surface area contributed by atoms with Crippen molar-refractivity contribution in [1.29, 1.82) is 0 Å². The lowest BCUT2D eigenvalue weighted by Gasteiger charge is -2.31. The highest BCUT2D eigenvalue weighted by Gasteiger charge is 2.25. The summed E-state index contributed by atoms with van der Waals surface area (Å²) in [5, 5.41) is 6.03. The van der Waals surface area contributed by atoms with Gasteiger partial charge in [-0.1, -0.05) is 51.8 Å². The summed E-state index contributed by atoms with van der Waals surface area (Å²) in [4.78, 5) is 29.0. The van der Waals surface area contributed by atoms with Crippen LogP contribution in [0.2, 0.25) is 0 Å². The van der Waals surface area contributed by atoms with E-state index in [-0.39, 0.29) is 17.9 Å². The minimum Gasteiger partial charge on any atom is -0.351 e. The zero-order chi connectivity index (χ0) is 22.8. The smallest absolute Gasteiger partial charge is 0.243 e. The summed E-state index contributed by atoms with van der Waals surface area (Å²) in [7, 11) is 0. The molecule has 31 heavy (non-hydrogen) atoms. The van der Waals surface area contributed by atoms with Gasteiger partial charge >= 0.3 is 0 Å². The summed E-state index contributed by atoms with van der Waals surface area (Å²) in [6.45, 7) is 12.4. The van der Waals surface area contributed by atoms with Crippen molar-refractivity contribution < 1.29 is 9.59 Å². The van der Waals surface area contributed by atoms with Gasteiger partial charge in [0, 0.05) is 24.7 Å². The second kappa shape index (κ2) is 12.4. The maximum Gasteiger partial charge on any atom is 0.243 e. The second-order valence-corrected chi connectivity index (χ2v) is 9.07. The lowest BCUT2D eigenvalue weighted by atomic mass is 9.83. The highest BCUT2D eigenvalue weighted by molar-refractivity contribution is 5.89. The second-order valence-electron chi connectivity index (χ2n) is 9.07. The highest BCUT2D eigenvalue weighted by atomic mass is 16.2. The minimum absolute atomic E-state index is 0.0184. The molecule has 1 aliphatic carbocycles. The first-order valence-corrected chi connectivity index (χ1v) is 11.6. The number of benzene rings is 1. The number of carbonyl (C=O) groups is 2. The first-order chi connectivity index (χ1) is 14.8. The van der Waals surface area contributed by atoms with Gasteiger partial charge in [-0.05, 0) is 68.2 Å². The summed E-state index contributed by atoms with van der Waals surface area (Å²) in [5.74, 6) is 0.733. The predicted molar refractivity (Wildman–Crippen MR) is 129 cm³/mol. The number of carbonyl (C=O) groups excluding carboxylic acids is 2. The Morgan fingerprint density at radius 1 is 1.19 bits per heavy atom. The highest BCUT2D eigenvalue weighted by Crippen LogP contribution is 2.27. The molecule has 2 amide bonds. The molecular formula is C26H39N3O2. The van der Waals surface area contributed by atoms with E-state index in [1.807, 2.05) is 6.92 Å². The van der Waals surface area contributed by atoms with E-state index >= 15 is 0 Å². The van der Waals surface area contributed by atoms with Crippen LogP contribution in [0, 0.1) is 12.8 Å². The van der Waals surface area contributed by atoms with E-state index in [2.05, 4.69) is 56.2 Å². The van der Waals surface area contributed by atoms with Crippen molar-refractivity contribution in [3.05, 3.63) is 42.0 Å². The molecule has 5 nitrogen and oxygen atoms in total. The van der Waals surface area contributed by atoms with Gasteiger partial charge in [0.1, 0.15) is 0 Å². The number of nitrogens with zero attached hydrogens (tertiary/aromatic N) is 1. The van der Waals surface area contributed by atoms with E-state index in [1.165, 1.54) is 30.9 Å². The molecule has 0 spiro atoms. The van der Waals surface area contributed by atoms with E-state index in [0.29, 0.717) is 31.2 Å². The van der Waals surface area contributed by atoms with Gasteiger partial charge in [0.2, 0.25) is 11.8 Å². The first kappa shape index (κ1) is 24.8. The Balaban J connectivity index is 1.93. The summed E-state index contributed by atoms with van der Waals surface area (Å²) in [6, 6.07) is 6.36. The summed E-state index contributed by atoms with van der Waals surface area (Å²) in [5.41, 5.74) is 4.38. The molecule has 5 heteroatoms. The Kier molecular flexibility index (Phi) is 9.96. The molecule has 1 aromatic rings. The molecule has 0 aromatic heterocycles. The summed E-state index contributed by atoms with van der Waals surface area (Å²) >= 11 is 0. The monoisotopic (exact) mass is 425 g/mol.